The van der Waals surface area contributed by atoms with Crippen LogP contribution in [0.5, 0.6) is 0 Å². The molecule has 0 N–H and O–H groups in total. The highest BCUT2D eigenvalue weighted by Crippen LogP contribution is 2.43. The lowest BCUT2D eigenvalue weighted by molar-refractivity contribution is 0.0946. The number of allylic oxidation sites excluding steroid dienone is 1. The zero-order valence-electron chi connectivity index (χ0n) is 20.1. The average molecular weight is 413 g/mol. The van der Waals surface area contributed by atoms with Gasteiger partial charge in [0, 0.05) is 11.5 Å². The van der Waals surface area contributed by atoms with Crippen LogP contribution in [0.4, 0.5) is 0 Å². The first kappa shape index (κ1) is 20.7. The molecule has 1 heteroatoms. The summed E-state index contributed by atoms with van der Waals surface area (Å²) in [5.74, 6) is 0.549. The molecule has 1 unspecified atom stereocenters. The molecule has 6 rings (SSSR count). The van der Waals surface area contributed by atoms with Gasteiger partial charge in [-0.15, -0.1) is 0 Å². The van der Waals surface area contributed by atoms with Crippen LogP contribution in [0.3, 0.4) is 0 Å². The minimum Gasteiger partial charge on any atom is -0.294 e. The Labute approximate surface area is 188 Å². The van der Waals surface area contributed by atoms with Gasteiger partial charge < -0.3 is 0 Å². The van der Waals surface area contributed by atoms with E-state index in [0.29, 0.717) is 16.6 Å². The number of carbonyl (C=O) groups is 1. The minimum absolute atomic E-state index is 0.199. The molecule has 2 aromatic rings. The Morgan fingerprint density at radius 3 is 2.00 bits per heavy atom. The van der Waals surface area contributed by atoms with Crippen molar-refractivity contribution in [2.75, 3.05) is 0 Å². The first-order valence-corrected chi connectivity index (χ1v) is 12.0. The molecule has 4 aliphatic carbocycles. The summed E-state index contributed by atoms with van der Waals surface area (Å²) in [7, 11) is 0. The summed E-state index contributed by atoms with van der Waals surface area (Å²) >= 11 is 0. The smallest absolute Gasteiger partial charge is 0.166 e. The number of benzene rings is 2. The SMILES string of the molecule is CC1=Cc2ccc3c(c2C1)CC(C)(C)C3.CC1Cc2c(ccc3c2CC(C)(C)C3)C1=O. The lowest BCUT2D eigenvalue weighted by Gasteiger charge is -2.15. The van der Waals surface area contributed by atoms with Crippen LogP contribution < -0.4 is 0 Å². The summed E-state index contributed by atoms with van der Waals surface area (Å²) in [6, 6.07) is 8.89. The summed E-state index contributed by atoms with van der Waals surface area (Å²) in [6.07, 6.45) is 9.34. The highest BCUT2D eigenvalue weighted by Gasteiger charge is 2.36. The lowest BCUT2D eigenvalue weighted by Crippen LogP contribution is -2.10. The van der Waals surface area contributed by atoms with Gasteiger partial charge in [-0.2, -0.15) is 0 Å². The van der Waals surface area contributed by atoms with Crippen LogP contribution in [0.25, 0.3) is 6.08 Å². The molecule has 0 fully saturated rings. The molecule has 0 heterocycles. The largest absolute Gasteiger partial charge is 0.294 e. The van der Waals surface area contributed by atoms with E-state index < -0.39 is 0 Å². The molecule has 162 valence electrons. The van der Waals surface area contributed by atoms with E-state index in [2.05, 4.69) is 71.9 Å². The fourth-order valence-corrected chi connectivity index (χ4v) is 6.45. The van der Waals surface area contributed by atoms with Crippen molar-refractivity contribution in [3.63, 3.8) is 0 Å². The van der Waals surface area contributed by atoms with Crippen LogP contribution in [0.1, 0.15) is 90.8 Å². The summed E-state index contributed by atoms with van der Waals surface area (Å²) in [5.41, 5.74) is 14.1. The predicted octanol–water partition coefficient (Wildman–Crippen LogP) is 6.96. The van der Waals surface area contributed by atoms with E-state index >= 15 is 0 Å². The zero-order valence-corrected chi connectivity index (χ0v) is 20.1. The van der Waals surface area contributed by atoms with E-state index in [1.807, 2.05) is 0 Å². The maximum absolute atomic E-state index is 12.0. The second-order valence-electron chi connectivity index (χ2n) is 12.2. The minimum atomic E-state index is 0.199. The van der Waals surface area contributed by atoms with Gasteiger partial charge in [0.05, 0.1) is 0 Å². The van der Waals surface area contributed by atoms with Crippen molar-refractivity contribution >= 4 is 11.9 Å². The Bertz CT molecular complexity index is 1130. The maximum atomic E-state index is 12.0. The van der Waals surface area contributed by atoms with E-state index in [-0.39, 0.29) is 5.92 Å². The highest BCUT2D eigenvalue weighted by atomic mass is 16.1. The van der Waals surface area contributed by atoms with Crippen molar-refractivity contribution in [3.8, 4) is 0 Å². The molecule has 0 amide bonds. The van der Waals surface area contributed by atoms with Gasteiger partial charge in [0.1, 0.15) is 0 Å². The molecule has 1 atom stereocenters. The molecule has 31 heavy (non-hydrogen) atoms. The van der Waals surface area contributed by atoms with Crippen LogP contribution in [0, 0.1) is 16.7 Å². The monoisotopic (exact) mass is 412 g/mol. The fourth-order valence-electron chi connectivity index (χ4n) is 6.45. The first-order valence-electron chi connectivity index (χ1n) is 12.0. The van der Waals surface area contributed by atoms with Gasteiger partial charge >= 0.3 is 0 Å². The lowest BCUT2D eigenvalue weighted by atomic mass is 9.89. The van der Waals surface area contributed by atoms with Gasteiger partial charge in [0.2, 0.25) is 0 Å². The summed E-state index contributed by atoms with van der Waals surface area (Å²) in [5, 5.41) is 0. The summed E-state index contributed by atoms with van der Waals surface area (Å²) < 4.78 is 0. The third-order valence-electron chi connectivity index (χ3n) is 7.82. The highest BCUT2D eigenvalue weighted by molar-refractivity contribution is 6.02. The van der Waals surface area contributed by atoms with Crippen LogP contribution in [0.2, 0.25) is 0 Å². The number of hydrogen-bond donors (Lipinski definition) is 0. The van der Waals surface area contributed by atoms with Gasteiger partial charge in [-0.1, -0.05) is 70.5 Å². The Balaban J connectivity index is 0.000000132. The Morgan fingerprint density at radius 2 is 1.35 bits per heavy atom. The van der Waals surface area contributed by atoms with Crippen LogP contribution >= 0.6 is 0 Å². The van der Waals surface area contributed by atoms with Gasteiger partial charge in [-0.05, 0) is 95.2 Å². The van der Waals surface area contributed by atoms with E-state index in [9.17, 15) is 4.79 Å². The van der Waals surface area contributed by atoms with Gasteiger partial charge in [0.15, 0.2) is 5.78 Å². The van der Waals surface area contributed by atoms with Crippen molar-refractivity contribution in [2.24, 2.45) is 16.7 Å². The molecule has 0 saturated heterocycles. The molecule has 4 aliphatic rings. The number of Topliss-reactive ketones (excluding diaryl/α,β-unsaturated/α-hetero) is 1. The van der Waals surface area contributed by atoms with Crippen molar-refractivity contribution < 1.29 is 4.79 Å². The zero-order chi connectivity index (χ0) is 22.1. The van der Waals surface area contributed by atoms with Crippen LogP contribution in [-0.2, 0) is 38.5 Å². The second kappa shape index (κ2) is 6.92. The summed E-state index contributed by atoms with van der Waals surface area (Å²) in [4.78, 5) is 12.0. The van der Waals surface area contributed by atoms with Crippen molar-refractivity contribution in [1.82, 2.24) is 0 Å². The number of rotatable bonds is 0. The number of hydrogen-bond acceptors (Lipinski definition) is 1. The maximum Gasteiger partial charge on any atom is 0.166 e. The molecule has 0 spiro atoms. The summed E-state index contributed by atoms with van der Waals surface area (Å²) in [6.45, 7) is 13.7. The average Bonchev–Trinajstić information content (AvgIpc) is 3.37. The Hall–Kier alpha value is -2.15. The first-order chi connectivity index (χ1) is 14.5. The van der Waals surface area contributed by atoms with Crippen molar-refractivity contribution in [2.45, 2.75) is 80.1 Å². The third-order valence-corrected chi connectivity index (χ3v) is 7.82. The Morgan fingerprint density at radius 1 is 0.774 bits per heavy atom. The van der Waals surface area contributed by atoms with E-state index in [4.69, 9.17) is 0 Å². The molecule has 1 nitrogen and oxygen atoms in total. The van der Waals surface area contributed by atoms with E-state index in [1.54, 1.807) is 16.7 Å². The molecular weight excluding hydrogens is 376 g/mol. The molecule has 0 radical (unpaired) electrons. The van der Waals surface area contributed by atoms with Gasteiger partial charge in [-0.25, -0.2) is 0 Å². The molecule has 0 saturated carbocycles. The van der Waals surface area contributed by atoms with Gasteiger partial charge in [-0.3, -0.25) is 4.79 Å². The molecule has 0 bridgehead atoms. The number of carbonyl (C=O) groups excluding carboxylic acids is 1. The number of fused-ring (bicyclic) bond motifs is 6. The fraction of sp³-hybridized carbons (Fsp3) is 0.500. The molecular formula is C30H36O. The predicted molar refractivity (Wildman–Crippen MR) is 130 cm³/mol. The Kier molecular flexibility index (Phi) is 4.63. The van der Waals surface area contributed by atoms with Crippen molar-refractivity contribution in [3.05, 3.63) is 74.3 Å². The number of ketones is 1. The standard InChI is InChI=1S/C15H18O.C15H18/c1-9-6-12-11(14(9)16)5-4-10-7-15(2,3)8-13(10)12;1-10-6-11-4-5-12-8-15(2,3)9-14(12)13(11)7-10/h4-5,9H,6-8H2,1-3H3;4-6H,7-9H2,1-3H3. The van der Waals surface area contributed by atoms with Crippen molar-refractivity contribution in [1.29, 1.82) is 0 Å². The second-order valence-corrected chi connectivity index (χ2v) is 12.2. The normalized spacial score (nSPS) is 23.5. The quantitative estimate of drug-likeness (QED) is 0.457. The van der Waals surface area contributed by atoms with E-state index in [0.717, 1.165) is 24.8 Å². The van der Waals surface area contributed by atoms with Crippen LogP contribution in [-0.4, -0.2) is 5.78 Å². The molecule has 0 aliphatic heterocycles. The van der Waals surface area contributed by atoms with Crippen LogP contribution in [0.15, 0.2) is 29.8 Å². The molecule has 0 aromatic heterocycles. The van der Waals surface area contributed by atoms with E-state index in [1.165, 1.54) is 47.1 Å². The topological polar surface area (TPSA) is 17.1 Å². The molecule has 2 aromatic carbocycles. The third kappa shape index (κ3) is 3.60. The van der Waals surface area contributed by atoms with Gasteiger partial charge in [0.25, 0.3) is 0 Å².